The van der Waals surface area contributed by atoms with Crippen LogP contribution in [0, 0.1) is 5.82 Å². The van der Waals surface area contributed by atoms with E-state index in [0.29, 0.717) is 35.8 Å². The van der Waals surface area contributed by atoms with Gasteiger partial charge in [-0.2, -0.15) is 4.68 Å². The monoisotopic (exact) mass is 643 g/mol. The zero-order chi connectivity index (χ0) is 31.8. The fourth-order valence-corrected chi connectivity index (χ4v) is 7.18. The molecule has 0 bridgehead atoms. The molecule has 5 aromatic rings. The van der Waals surface area contributed by atoms with Gasteiger partial charge >= 0.3 is 0 Å². The molecule has 1 fully saturated rings. The van der Waals surface area contributed by atoms with Gasteiger partial charge in [0.2, 0.25) is 0 Å². The topological polar surface area (TPSA) is 98.1 Å². The number of nitrogens with one attached hydrogen (secondary N) is 1. The van der Waals surface area contributed by atoms with Crippen LogP contribution in [0.4, 0.5) is 10.2 Å². The number of aromatic nitrogens is 5. The van der Waals surface area contributed by atoms with E-state index in [1.165, 1.54) is 16.8 Å². The number of nitrogens with zero attached hydrogens (tertiary/aromatic N) is 6. The summed E-state index contributed by atoms with van der Waals surface area (Å²) in [5.41, 5.74) is 1.51. The van der Waals surface area contributed by atoms with Crippen LogP contribution in [-0.2, 0) is 4.43 Å². The predicted molar refractivity (Wildman–Crippen MR) is 181 cm³/mol. The molecule has 0 radical (unpaired) electrons. The summed E-state index contributed by atoms with van der Waals surface area (Å²) in [6.07, 6.45) is 9.17. The third-order valence-corrected chi connectivity index (χ3v) is 14.4. The number of amides is 1. The largest absolute Gasteiger partial charge is 0.413 e. The normalized spacial score (nSPS) is 16.2. The van der Waals surface area contributed by atoms with Crippen molar-refractivity contribution in [3.8, 4) is 5.69 Å². The molecule has 1 aromatic carbocycles. The Morgan fingerprint density at radius 3 is 2.80 bits per heavy atom. The lowest BCUT2D eigenvalue weighted by Gasteiger charge is -2.35. The van der Waals surface area contributed by atoms with Crippen LogP contribution in [0.3, 0.4) is 0 Å². The number of fused-ring (bicyclic) bond motifs is 2. The molecule has 234 valence electrons. The van der Waals surface area contributed by atoms with E-state index in [9.17, 15) is 4.79 Å². The number of anilines is 1. The number of thiophene rings is 1. The van der Waals surface area contributed by atoms with Gasteiger partial charge in [0.1, 0.15) is 17.2 Å². The Balaban J connectivity index is 1.32. The smallest absolute Gasteiger partial charge is 0.262 e. The summed E-state index contributed by atoms with van der Waals surface area (Å²) < 4.78 is 24.6. The Hall–Kier alpha value is -3.84. The van der Waals surface area contributed by atoms with Crippen LogP contribution in [0.1, 0.15) is 48.8 Å². The maximum Gasteiger partial charge on any atom is 0.262 e. The Morgan fingerprint density at radius 2 is 2.04 bits per heavy atom. The molecule has 45 heavy (non-hydrogen) atoms. The highest BCUT2D eigenvalue weighted by Crippen LogP contribution is 2.37. The molecule has 1 atom stereocenters. The molecule has 1 N–H and O–H groups in total. The second kappa shape index (κ2) is 12.5. The first-order valence-corrected chi connectivity index (χ1v) is 19.0. The van der Waals surface area contributed by atoms with Gasteiger partial charge in [-0.3, -0.25) is 9.69 Å². The lowest BCUT2D eigenvalue weighted by Crippen LogP contribution is -2.49. The predicted octanol–water partition coefficient (Wildman–Crippen LogP) is 7.00. The number of rotatable bonds is 8. The van der Waals surface area contributed by atoms with Crippen molar-refractivity contribution in [2.24, 2.45) is 0 Å². The summed E-state index contributed by atoms with van der Waals surface area (Å²) in [7, 11) is -1.85. The molecule has 1 aliphatic heterocycles. The van der Waals surface area contributed by atoms with Crippen LogP contribution in [-0.4, -0.2) is 64.9 Å². The van der Waals surface area contributed by atoms with Gasteiger partial charge in [-0.15, -0.1) is 16.4 Å². The quantitative estimate of drug-likeness (QED) is 0.182. The maximum absolute atomic E-state index is 15.8. The van der Waals surface area contributed by atoms with Crippen LogP contribution >= 0.6 is 11.3 Å². The van der Waals surface area contributed by atoms with Crippen molar-refractivity contribution in [2.75, 3.05) is 24.6 Å². The van der Waals surface area contributed by atoms with Crippen molar-refractivity contribution in [3.05, 3.63) is 77.2 Å². The first kappa shape index (κ1) is 31.2. The number of hydrogen-bond donors (Lipinski definition) is 1. The van der Waals surface area contributed by atoms with Crippen LogP contribution in [0.2, 0.25) is 18.1 Å². The molecule has 4 aromatic heterocycles. The van der Waals surface area contributed by atoms with Crippen molar-refractivity contribution in [2.45, 2.75) is 57.8 Å². The summed E-state index contributed by atoms with van der Waals surface area (Å²) in [5, 5.41) is 12.7. The van der Waals surface area contributed by atoms with E-state index in [0.717, 1.165) is 34.3 Å². The third kappa shape index (κ3) is 6.32. The molecule has 1 saturated heterocycles. The van der Waals surface area contributed by atoms with Crippen molar-refractivity contribution in [3.63, 3.8) is 0 Å². The Labute approximate surface area is 267 Å². The Kier molecular flexibility index (Phi) is 8.66. The summed E-state index contributed by atoms with van der Waals surface area (Å²) in [6, 6.07) is 11.9. The van der Waals surface area contributed by atoms with E-state index in [1.54, 1.807) is 46.8 Å². The van der Waals surface area contributed by atoms with Crippen LogP contribution < -0.4 is 10.2 Å². The minimum Gasteiger partial charge on any atom is -0.413 e. The molecule has 0 unspecified atom stereocenters. The van der Waals surface area contributed by atoms with Gasteiger partial charge in [0.15, 0.2) is 14.0 Å². The second-order valence-electron chi connectivity index (χ2n) is 12.9. The summed E-state index contributed by atoms with van der Waals surface area (Å²) in [5.74, 6) is -0.538. The second-order valence-corrected chi connectivity index (χ2v) is 18.8. The molecule has 6 rings (SSSR count). The average molecular weight is 644 g/mol. The fourth-order valence-electron chi connectivity index (χ4n) is 5.25. The minimum absolute atomic E-state index is 0.0290. The van der Waals surface area contributed by atoms with Crippen LogP contribution in [0.25, 0.3) is 33.0 Å². The van der Waals surface area contributed by atoms with E-state index in [-0.39, 0.29) is 16.6 Å². The third-order valence-electron chi connectivity index (χ3n) is 8.79. The Morgan fingerprint density at radius 1 is 1.20 bits per heavy atom. The van der Waals surface area contributed by atoms with E-state index in [2.05, 4.69) is 72.7 Å². The van der Waals surface area contributed by atoms with Gasteiger partial charge in [-0.25, -0.2) is 14.4 Å². The first-order chi connectivity index (χ1) is 21.5. The maximum atomic E-state index is 15.8. The molecule has 12 heteroatoms. The van der Waals surface area contributed by atoms with Gasteiger partial charge in [-0.1, -0.05) is 32.1 Å². The standard InChI is InChI=1S/C33H38FN7O2SSi/c1-33(2,3)45(4,5)43-18-8-10-24-20-26-29(44-24)14-17-37-30(26)40(23-9-6-15-35-21-23)32(42)25-13-12-22(19-27(25)34)41-31-28(38-39-41)11-7-16-36-31/h7-8,10-14,16-17,19-20,23,35H,6,9,15,18,21H2,1-5H3/b10-8+/t23-/m1/s1. The zero-order valence-corrected chi connectivity index (χ0v) is 28.1. The highest BCUT2D eigenvalue weighted by atomic mass is 32.1. The number of halogens is 1. The van der Waals surface area contributed by atoms with Crippen molar-refractivity contribution in [1.29, 1.82) is 0 Å². The minimum atomic E-state index is -1.85. The highest BCUT2D eigenvalue weighted by Gasteiger charge is 2.36. The lowest BCUT2D eigenvalue weighted by molar-refractivity contribution is 0.0968. The van der Waals surface area contributed by atoms with Crippen LogP contribution in [0.5, 0.6) is 0 Å². The van der Waals surface area contributed by atoms with Gasteiger partial charge in [-0.05, 0) is 80.0 Å². The number of hydrogen-bond acceptors (Lipinski definition) is 8. The molecule has 5 heterocycles. The molecule has 0 spiro atoms. The molecule has 1 aliphatic rings. The van der Waals surface area contributed by atoms with Crippen molar-refractivity contribution < 1.29 is 13.6 Å². The molecule has 0 aliphatic carbocycles. The highest BCUT2D eigenvalue weighted by molar-refractivity contribution is 7.19. The molecular formula is C33H38FN7O2SSi. The summed E-state index contributed by atoms with van der Waals surface area (Å²) >= 11 is 1.63. The van der Waals surface area contributed by atoms with E-state index in [1.807, 2.05) is 6.07 Å². The number of benzene rings is 1. The average Bonchev–Trinajstić information content (AvgIpc) is 3.64. The SMILES string of the molecule is CC(C)(C)[Si](C)(C)OC/C=C/c1cc2c(N(C(=O)c3ccc(-n4nnc5cccnc54)cc3F)[C@@H]3CCCNC3)nccc2s1. The number of carbonyl (C=O) groups excluding carboxylic acids is 1. The zero-order valence-electron chi connectivity index (χ0n) is 26.2. The van der Waals surface area contributed by atoms with Gasteiger partial charge < -0.3 is 9.74 Å². The van der Waals surface area contributed by atoms with E-state index >= 15 is 4.39 Å². The number of piperidine rings is 1. The molecule has 9 nitrogen and oxygen atoms in total. The lowest BCUT2D eigenvalue weighted by atomic mass is 10.0. The van der Waals surface area contributed by atoms with Gasteiger partial charge in [0.05, 0.1) is 23.9 Å². The van der Waals surface area contributed by atoms with Gasteiger partial charge in [0, 0.05) is 40.0 Å². The van der Waals surface area contributed by atoms with Crippen molar-refractivity contribution >= 4 is 58.7 Å². The van der Waals surface area contributed by atoms with E-state index < -0.39 is 20.0 Å². The van der Waals surface area contributed by atoms with Gasteiger partial charge in [0.25, 0.3) is 5.91 Å². The van der Waals surface area contributed by atoms with E-state index in [4.69, 9.17) is 9.41 Å². The van der Waals surface area contributed by atoms with Crippen LogP contribution in [0.15, 0.2) is 60.9 Å². The molecular weight excluding hydrogens is 606 g/mol. The summed E-state index contributed by atoms with van der Waals surface area (Å²) in [6.45, 7) is 13.2. The number of carbonyl (C=O) groups is 1. The molecule has 0 saturated carbocycles. The Bertz CT molecular complexity index is 1870. The number of pyridine rings is 2. The first-order valence-electron chi connectivity index (χ1n) is 15.2. The summed E-state index contributed by atoms with van der Waals surface area (Å²) in [4.78, 5) is 26.0. The molecule has 1 amide bonds. The fraction of sp³-hybridized carbons (Fsp3) is 0.364. The van der Waals surface area contributed by atoms with Crippen molar-refractivity contribution in [1.82, 2.24) is 30.3 Å².